The fourth-order valence-corrected chi connectivity index (χ4v) is 3.59. The second-order valence-electron chi connectivity index (χ2n) is 6.10. The molecule has 148 valence electrons. The van der Waals surface area contributed by atoms with Gasteiger partial charge in [-0.1, -0.05) is 12.1 Å². The summed E-state index contributed by atoms with van der Waals surface area (Å²) in [7, 11) is 0.537. The van der Waals surface area contributed by atoms with Crippen molar-refractivity contribution in [2.24, 2.45) is 4.99 Å². The van der Waals surface area contributed by atoms with E-state index in [1.807, 2.05) is 18.2 Å². The lowest BCUT2D eigenvalue weighted by Gasteiger charge is -2.38. The summed E-state index contributed by atoms with van der Waals surface area (Å²) < 4.78 is 27.8. The number of para-hydroxylation sites is 2. The predicted molar refractivity (Wildman–Crippen MR) is 118 cm³/mol. The quantitative estimate of drug-likeness (QED) is 0.278. The van der Waals surface area contributed by atoms with Gasteiger partial charge in [-0.2, -0.15) is 0 Å². The van der Waals surface area contributed by atoms with E-state index in [2.05, 4.69) is 26.2 Å². The molecule has 0 spiro atoms. The summed E-state index contributed by atoms with van der Waals surface area (Å²) >= 11 is 0. The lowest BCUT2D eigenvalue weighted by Crippen LogP contribution is -2.52. The number of ether oxygens (including phenoxy) is 1. The molecule has 0 aliphatic carbocycles. The molecule has 1 heterocycles. The number of sulfone groups is 1. The third-order valence-corrected chi connectivity index (χ3v) is 5.22. The topological polar surface area (TPSA) is 74.2 Å². The Morgan fingerprint density at radius 1 is 1.23 bits per heavy atom. The van der Waals surface area contributed by atoms with Crippen molar-refractivity contribution in [2.45, 2.75) is 6.42 Å². The number of guanidine groups is 1. The highest BCUT2D eigenvalue weighted by Gasteiger charge is 2.21. The Hall–Kier alpha value is -1.23. The number of methoxy groups -OCH3 is 1. The third-order valence-electron chi connectivity index (χ3n) is 4.19. The number of anilines is 1. The first-order valence-corrected chi connectivity index (χ1v) is 10.5. The minimum atomic E-state index is -2.91. The van der Waals surface area contributed by atoms with Crippen molar-refractivity contribution >= 4 is 45.5 Å². The van der Waals surface area contributed by atoms with Crippen LogP contribution in [-0.2, 0) is 9.84 Å². The van der Waals surface area contributed by atoms with Gasteiger partial charge in [-0.25, -0.2) is 8.42 Å². The van der Waals surface area contributed by atoms with Crippen molar-refractivity contribution in [3.8, 4) is 5.75 Å². The molecule has 0 radical (unpaired) electrons. The number of piperazine rings is 1. The molecule has 0 atom stereocenters. The van der Waals surface area contributed by atoms with Crippen LogP contribution in [0.15, 0.2) is 29.3 Å². The van der Waals surface area contributed by atoms with Gasteiger partial charge < -0.3 is 19.9 Å². The van der Waals surface area contributed by atoms with E-state index in [4.69, 9.17) is 4.74 Å². The maximum Gasteiger partial charge on any atom is 0.193 e. The molecule has 7 nitrogen and oxygen atoms in total. The van der Waals surface area contributed by atoms with Crippen molar-refractivity contribution < 1.29 is 13.2 Å². The average molecular weight is 496 g/mol. The Bertz CT molecular complexity index is 689. The summed E-state index contributed by atoms with van der Waals surface area (Å²) in [5, 5.41) is 3.26. The first-order chi connectivity index (χ1) is 11.9. The number of halogens is 1. The van der Waals surface area contributed by atoms with E-state index in [1.54, 1.807) is 14.2 Å². The summed E-state index contributed by atoms with van der Waals surface area (Å²) in [5.41, 5.74) is 1.11. The van der Waals surface area contributed by atoms with Crippen LogP contribution >= 0.6 is 24.0 Å². The van der Waals surface area contributed by atoms with E-state index in [-0.39, 0.29) is 29.7 Å². The summed E-state index contributed by atoms with van der Waals surface area (Å²) in [6, 6.07) is 8.05. The second-order valence-corrected chi connectivity index (χ2v) is 8.36. The molecule has 0 aromatic heterocycles. The van der Waals surface area contributed by atoms with Crippen LogP contribution in [0.5, 0.6) is 5.75 Å². The van der Waals surface area contributed by atoms with E-state index in [0.29, 0.717) is 13.0 Å². The van der Waals surface area contributed by atoms with Crippen LogP contribution in [0.1, 0.15) is 6.42 Å². The first-order valence-electron chi connectivity index (χ1n) is 8.46. The third kappa shape index (κ3) is 6.82. The van der Waals surface area contributed by atoms with Gasteiger partial charge in [-0.15, -0.1) is 24.0 Å². The van der Waals surface area contributed by atoms with Crippen LogP contribution < -0.4 is 15.0 Å². The fourth-order valence-electron chi connectivity index (χ4n) is 2.92. The molecular formula is C17H29IN4O3S. The number of benzene rings is 1. The van der Waals surface area contributed by atoms with Crippen molar-refractivity contribution in [1.29, 1.82) is 0 Å². The zero-order valence-corrected chi connectivity index (χ0v) is 18.8. The van der Waals surface area contributed by atoms with Gasteiger partial charge in [0.25, 0.3) is 0 Å². The number of nitrogens with one attached hydrogen (secondary N) is 1. The van der Waals surface area contributed by atoms with Crippen molar-refractivity contribution in [3.05, 3.63) is 24.3 Å². The Morgan fingerprint density at radius 3 is 2.46 bits per heavy atom. The maximum absolute atomic E-state index is 11.2. The number of hydrogen-bond donors (Lipinski definition) is 1. The minimum Gasteiger partial charge on any atom is -0.495 e. The van der Waals surface area contributed by atoms with Crippen LogP contribution in [-0.4, -0.2) is 78.2 Å². The lowest BCUT2D eigenvalue weighted by atomic mass is 10.2. The molecule has 9 heteroatoms. The van der Waals surface area contributed by atoms with E-state index in [9.17, 15) is 8.42 Å². The molecule has 1 aromatic rings. The van der Waals surface area contributed by atoms with Gasteiger partial charge in [0, 0.05) is 46.0 Å². The van der Waals surface area contributed by atoms with Gasteiger partial charge in [0.05, 0.1) is 18.6 Å². The molecule has 26 heavy (non-hydrogen) atoms. The minimum absolute atomic E-state index is 0. The van der Waals surface area contributed by atoms with Crippen molar-refractivity contribution in [3.63, 3.8) is 0 Å². The van der Waals surface area contributed by atoms with Gasteiger partial charge in [0.2, 0.25) is 0 Å². The number of rotatable bonds is 6. The van der Waals surface area contributed by atoms with E-state index < -0.39 is 9.84 Å². The van der Waals surface area contributed by atoms with Crippen LogP contribution in [0.4, 0.5) is 5.69 Å². The average Bonchev–Trinajstić information content (AvgIpc) is 2.61. The molecule has 1 aliphatic rings. The number of nitrogens with zero attached hydrogens (tertiary/aromatic N) is 3. The highest BCUT2D eigenvalue weighted by molar-refractivity contribution is 14.0. The van der Waals surface area contributed by atoms with Crippen molar-refractivity contribution in [1.82, 2.24) is 10.2 Å². The summed E-state index contributed by atoms with van der Waals surface area (Å²) in [4.78, 5) is 8.83. The fraction of sp³-hybridized carbons (Fsp3) is 0.588. The Morgan fingerprint density at radius 2 is 1.88 bits per heavy atom. The van der Waals surface area contributed by atoms with Gasteiger partial charge in [0.1, 0.15) is 15.6 Å². The van der Waals surface area contributed by atoms with E-state index in [0.717, 1.165) is 43.6 Å². The normalized spacial score (nSPS) is 15.4. The molecule has 1 saturated heterocycles. The Kier molecular flexibility index (Phi) is 9.48. The molecule has 0 bridgehead atoms. The predicted octanol–water partition coefficient (Wildman–Crippen LogP) is 1.45. The van der Waals surface area contributed by atoms with E-state index >= 15 is 0 Å². The van der Waals surface area contributed by atoms with Gasteiger partial charge in [0.15, 0.2) is 5.96 Å². The lowest BCUT2D eigenvalue weighted by molar-refractivity contribution is 0.367. The largest absolute Gasteiger partial charge is 0.495 e. The highest BCUT2D eigenvalue weighted by Crippen LogP contribution is 2.28. The standard InChI is InChI=1S/C17H28N4O3S.HI/c1-18-17(19-9-6-14-25(3,22)23)21-12-10-20(11-13-21)15-7-4-5-8-16(15)24-2;/h4-5,7-8H,6,9-14H2,1-3H3,(H,18,19);1H. The second kappa shape index (κ2) is 10.8. The molecule has 1 aliphatic heterocycles. The van der Waals surface area contributed by atoms with Gasteiger partial charge in [-0.3, -0.25) is 4.99 Å². The molecular weight excluding hydrogens is 467 g/mol. The zero-order valence-electron chi connectivity index (χ0n) is 15.6. The molecule has 0 amide bonds. The molecule has 1 aromatic carbocycles. The Balaban J connectivity index is 0.00000338. The molecule has 0 saturated carbocycles. The summed E-state index contributed by atoms with van der Waals surface area (Å²) in [5.74, 6) is 1.91. The molecule has 1 fully saturated rings. The van der Waals surface area contributed by atoms with Crippen molar-refractivity contribution in [2.75, 3.05) is 63.8 Å². The summed E-state index contributed by atoms with van der Waals surface area (Å²) in [6.07, 6.45) is 1.85. The van der Waals surface area contributed by atoms with Crippen LogP contribution in [0.3, 0.4) is 0 Å². The van der Waals surface area contributed by atoms with Crippen LogP contribution in [0.25, 0.3) is 0 Å². The SMILES string of the molecule is CN=C(NCCCS(C)(=O)=O)N1CCN(c2ccccc2OC)CC1.I. The molecule has 2 rings (SSSR count). The number of hydrogen-bond acceptors (Lipinski definition) is 5. The molecule has 0 unspecified atom stereocenters. The monoisotopic (exact) mass is 496 g/mol. The zero-order chi connectivity index (χ0) is 18.3. The van der Waals surface area contributed by atoms with Gasteiger partial charge >= 0.3 is 0 Å². The molecule has 1 N–H and O–H groups in total. The van der Waals surface area contributed by atoms with E-state index in [1.165, 1.54) is 6.26 Å². The highest BCUT2D eigenvalue weighted by atomic mass is 127. The smallest absolute Gasteiger partial charge is 0.193 e. The van der Waals surface area contributed by atoms with Crippen LogP contribution in [0.2, 0.25) is 0 Å². The number of aliphatic imine (C=N–C) groups is 1. The van der Waals surface area contributed by atoms with Gasteiger partial charge in [-0.05, 0) is 18.6 Å². The first kappa shape index (κ1) is 22.8. The van der Waals surface area contributed by atoms with Crippen LogP contribution in [0, 0.1) is 0 Å². The Labute approximate surface area is 173 Å². The maximum atomic E-state index is 11.2. The summed E-state index contributed by atoms with van der Waals surface area (Å²) in [6.45, 7) is 4.06.